The van der Waals surface area contributed by atoms with Crippen LogP contribution >= 0.6 is 0 Å². The summed E-state index contributed by atoms with van der Waals surface area (Å²) in [4.78, 5) is 25.3. The van der Waals surface area contributed by atoms with Crippen LogP contribution in [0.1, 0.15) is 46.0 Å². The number of amides is 2. The summed E-state index contributed by atoms with van der Waals surface area (Å²) in [6.45, 7) is 4.42. The first-order chi connectivity index (χ1) is 15.6. The average molecular weight is 441 g/mol. The summed E-state index contributed by atoms with van der Waals surface area (Å²) in [7, 11) is 0. The van der Waals surface area contributed by atoms with E-state index in [1.165, 1.54) is 6.42 Å². The Hall–Kier alpha value is -3.22. The van der Waals surface area contributed by atoms with Gasteiger partial charge in [-0.15, -0.1) is 0 Å². The van der Waals surface area contributed by atoms with Crippen LogP contribution in [0.5, 0.6) is 17.2 Å². The molecule has 1 aliphatic carbocycles. The number of rotatable bonds is 10. The first kappa shape index (κ1) is 23.4. The number of hydrogen-bond donors (Lipinski definition) is 2. The number of para-hydroxylation sites is 1. The molecule has 7 nitrogen and oxygen atoms in total. The van der Waals surface area contributed by atoms with Crippen LogP contribution in [0.3, 0.4) is 0 Å². The predicted octanol–water partition coefficient (Wildman–Crippen LogP) is 5.02. The second-order valence-electron chi connectivity index (χ2n) is 7.68. The SMILES string of the molecule is CCOc1cc(NC(=O)C2CCCCC2)c(OCC)cc1NC(=O)COc1ccccc1. The highest BCUT2D eigenvalue weighted by atomic mass is 16.5. The van der Waals surface area contributed by atoms with Gasteiger partial charge < -0.3 is 24.8 Å². The van der Waals surface area contributed by atoms with E-state index >= 15 is 0 Å². The van der Waals surface area contributed by atoms with E-state index in [0.29, 0.717) is 41.8 Å². The van der Waals surface area contributed by atoms with Crippen molar-refractivity contribution in [1.82, 2.24) is 0 Å². The lowest BCUT2D eigenvalue weighted by atomic mass is 9.88. The minimum Gasteiger partial charge on any atom is -0.492 e. The first-order valence-corrected chi connectivity index (χ1v) is 11.3. The van der Waals surface area contributed by atoms with E-state index in [9.17, 15) is 9.59 Å². The second-order valence-corrected chi connectivity index (χ2v) is 7.68. The number of ether oxygens (including phenoxy) is 3. The van der Waals surface area contributed by atoms with Gasteiger partial charge in [0.25, 0.3) is 5.91 Å². The summed E-state index contributed by atoms with van der Waals surface area (Å²) in [5.74, 6) is 1.26. The number of nitrogens with one attached hydrogen (secondary N) is 2. The summed E-state index contributed by atoms with van der Waals surface area (Å²) in [5, 5.41) is 5.84. The van der Waals surface area contributed by atoms with Gasteiger partial charge in [-0.2, -0.15) is 0 Å². The van der Waals surface area contributed by atoms with Gasteiger partial charge in [0.2, 0.25) is 5.91 Å². The predicted molar refractivity (Wildman–Crippen MR) is 125 cm³/mol. The summed E-state index contributed by atoms with van der Waals surface area (Å²) in [6.07, 6.45) is 5.16. The van der Waals surface area contributed by atoms with E-state index in [4.69, 9.17) is 14.2 Å². The standard InChI is InChI=1S/C25H32N2O5/c1-3-30-22-16-21(27-25(29)18-11-7-5-8-12-18)23(31-4-2)15-20(22)26-24(28)17-32-19-13-9-6-10-14-19/h6,9-10,13-16,18H,3-5,7-8,11-12,17H2,1-2H3,(H,26,28)(H,27,29). The van der Waals surface area contributed by atoms with Gasteiger partial charge in [-0.05, 0) is 38.8 Å². The quantitative estimate of drug-likeness (QED) is 0.542. The fourth-order valence-electron chi connectivity index (χ4n) is 3.76. The Morgan fingerprint density at radius 1 is 0.844 bits per heavy atom. The molecule has 1 saturated carbocycles. The van der Waals surface area contributed by atoms with Crippen molar-refractivity contribution in [1.29, 1.82) is 0 Å². The lowest BCUT2D eigenvalue weighted by Crippen LogP contribution is -2.25. The van der Waals surface area contributed by atoms with Crippen LogP contribution < -0.4 is 24.8 Å². The van der Waals surface area contributed by atoms with Gasteiger partial charge in [0.05, 0.1) is 24.6 Å². The summed E-state index contributed by atoms with van der Waals surface area (Å²) in [5.41, 5.74) is 1.01. The molecule has 3 rings (SSSR count). The minimum atomic E-state index is -0.323. The fraction of sp³-hybridized carbons (Fsp3) is 0.440. The van der Waals surface area contributed by atoms with E-state index in [-0.39, 0.29) is 24.3 Å². The van der Waals surface area contributed by atoms with Crippen LogP contribution in [0.25, 0.3) is 0 Å². The van der Waals surface area contributed by atoms with Crippen molar-refractivity contribution in [3.05, 3.63) is 42.5 Å². The number of benzene rings is 2. The number of anilines is 2. The Kier molecular flexibility index (Phi) is 8.78. The molecule has 2 N–H and O–H groups in total. The Morgan fingerprint density at radius 3 is 2.03 bits per heavy atom. The Bertz CT molecular complexity index is 895. The largest absolute Gasteiger partial charge is 0.492 e. The molecule has 0 atom stereocenters. The maximum absolute atomic E-state index is 12.8. The average Bonchev–Trinajstić information content (AvgIpc) is 2.82. The van der Waals surface area contributed by atoms with Gasteiger partial charge in [-0.1, -0.05) is 37.5 Å². The van der Waals surface area contributed by atoms with Crippen molar-refractivity contribution in [3.63, 3.8) is 0 Å². The smallest absolute Gasteiger partial charge is 0.262 e. The Labute approximate surface area is 189 Å². The molecule has 0 heterocycles. The van der Waals surface area contributed by atoms with Crippen molar-refractivity contribution >= 4 is 23.2 Å². The number of carbonyl (C=O) groups is 2. The lowest BCUT2D eigenvalue weighted by Gasteiger charge is -2.22. The Morgan fingerprint density at radius 2 is 1.44 bits per heavy atom. The molecule has 1 fully saturated rings. The zero-order chi connectivity index (χ0) is 22.8. The van der Waals surface area contributed by atoms with Gasteiger partial charge in [-0.3, -0.25) is 9.59 Å². The molecule has 1 aliphatic rings. The molecule has 7 heteroatoms. The highest BCUT2D eigenvalue weighted by Crippen LogP contribution is 2.38. The van der Waals surface area contributed by atoms with Crippen LogP contribution in [0.15, 0.2) is 42.5 Å². The molecule has 172 valence electrons. The zero-order valence-electron chi connectivity index (χ0n) is 18.8. The highest BCUT2D eigenvalue weighted by molar-refractivity contribution is 5.97. The zero-order valence-corrected chi connectivity index (χ0v) is 18.8. The first-order valence-electron chi connectivity index (χ1n) is 11.3. The van der Waals surface area contributed by atoms with Crippen LogP contribution in [0.2, 0.25) is 0 Å². The molecular weight excluding hydrogens is 408 g/mol. The van der Waals surface area contributed by atoms with Crippen molar-refractivity contribution < 1.29 is 23.8 Å². The molecule has 0 spiro atoms. The molecule has 32 heavy (non-hydrogen) atoms. The highest BCUT2D eigenvalue weighted by Gasteiger charge is 2.23. The topological polar surface area (TPSA) is 85.9 Å². The van der Waals surface area contributed by atoms with Crippen molar-refractivity contribution in [2.75, 3.05) is 30.5 Å². The molecule has 0 aromatic heterocycles. The summed E-state index contributed by atoms with van der Waals surface area (Å²) >= 11 is 0. The van der Waals surface area contributed by atoms with Crippen LogP contribution in [0.4, 0.5) is 11.4 Å². The maximum atomic E-state index is 12.8. The lowest BCUT2D eigenvalue weighted by molar-refractivity contribution is -0.121. The monoisotopic (exact) mass is 440 g/mol. The molecule has 2 aromatic rings. The van der Waals surface area contributed by atoms with Gasteiger partial charge >= 0.3 is 0 Å². The van der Waals surface area contributed by atoms with E-state index in [0.717, 1.165) is 25.7 Å². The molecule has 2 amide bonds. The molecule has 2 aromatic carbocycles. The minimum absolute atomic E-state index is 0.00106. The number of hydrogen-bond acceptors (Lipinski definition) is 5. The summed E-state index contributed by atoms with van der Waals surface area (Å²) < 4.78 is 17.0. The van der Waals surface area contributed by atoms with Crippen LogP contribution in [0, 0.1) is 5.92 Å². The van der Waals surface area contributed by atoms with E-state index in [1.807, 2.05) is 32.0 Å². The van der Waals surface area contributed by atoms with Crippen molar-refractivity contribution in [2.24, 2.45) is 5.92 Å². The second kappa shape index (κ2) is 12.0. The van der Waals surface area contributed by atoms with E-state index in [1.54, 1.807) is 24.3 Å². The molecule has 0 saturated heterocycles. The third-order valence-electron chi connectivity index (χ3n) is 5.30. The molecule has 0 aliphatic heterocycles. The van der Waals surface area contributed by atoms with Gasteiger partial charge in [0.15, 0.2) is 6.61 Å². The van der Waals surface area contributed by atoms with Gasteiger partial charge in [0, 0.05) is 18.1 Å². The van der Waals surface area contributed by atoms with Crippen molar-refractivity contribution in [3.8, 4) is 17.2 Å². The third kappa shape index (κ3) is 6.64. The van der Waals surface area contributed by atoms with E-state index < -0.39 is 0 Å². The maximum Gasteiger partial charge on any atom is 0.262 e. The van der Waals surface area contributed by atoms with E-state index in [2.05, 4.69) is 10.6 Å². The van der Waals surface area contributed by atoms with Gasteiger partial charge in [-0.25, -0.2) is 0 Å². The normalized spacial score (nSPS) is 13.8. The molecular formula is C25H32N2O5. The fourth-order valence-corrected chi connectivity index (χ4v) is 3.76. The van der Waals surface area contributed by atoms with Crippen molar-refractivity contribution in [2.45, 2.75) is 46.0 Å². The molecule has 0 radical (unpaired) electrons. The van der Waals surface area contributed by atoms with Crippen LogP contribution in [-0.2, 0) is 9.59 Å². The third-order valence-corrected chi connectivity index (χ3v) is 5.30. The number of carbonyl (C=O) groups excluding carboxylic acids is 2. The summed E-state index contributed by atoms with van der Waals surface area (Å²) in [6, 6.07) is 12.5. The molecule has 0 unspecified atom stereocenters. The van der Waals surface area contributed by atoms with Crippen LogP contribution in [-0.4, -0.2) is 31.6 Å². The molecule has 0 bridgehead atoms. The Balaban J connectivity index is 1.75. The van der Waals surface area contributed by atoms with Gasteiger partial charge in [0.1, 0.15) is 17.2 Å².